The third-order valence-electron chi connectivity index (χ3n) is 3.60. The van der Waals surface area contributed by atoms with Crippen molar-refractivity contribution < 1.29 is 4.79 Å². The zero-order chi connectivity index (χ0) is 13.7. The Labute approximate surface area is 119 Å². The topological polar surface area (TPSA) is 32.3 Å². The number of nitrogens with one attached hydrogen (secondary N) is 1. The molecular formula is C15H22N2OS. The fourth-order valence-electron chi connectivity index (χ4n) is 2.46. The molecule has 1 atom stereocenters. The van der Waals surface area contributed by atoms with E-state index in [-0.39, 0.29) is 11.8 Å². The average molecular weight is 278 g/mol. The van der Waals surface area contributed by atoms with Crippen LogP contribution >= 0.6 is 11.8 Å². The molecule has 1 amide bonds. The molecule has 0 bridgehead atoms. The fraction of sp³-hybridized carbons (Fsp3) is 0.533. The van der Waals surface area contributed by atoms with Crippen LogP contribution in [0.25, 0.3) is 0 Å². The van der Waals surface area contributed by atoms with Gasteiger partial charge in [-0.3, -0.25) is 4.79 Å². The number of thioether (sulfide) groups is 1. The molecule has 0 saturated carbocycles. The Bertz CT molecular complexity index is 413. The molecule has 1 aromatic carbocycles. The van der Waals surface area contributed by atoms with E-state index < -0.39 is 0 Å². The number of carbonyl (C=O) groups is 1. The molecule has 1 aliphatic rings. The first-order valence-electron chi connectivity index (χ1n) is 6.79. The summed E-state index contributed by atoms with van der Waals surface area (Å²) < 4.78 is 0. The zero-order valence-electron chi connectivity index (χ0n) is 11.7. The van der Waals surface area contributed by atoms with Crippen molar-refractivity contribution in [3.8, 4) is 0 Å². The van der Waals surface area contributed by atoms with Crippen LogP contribution in [0.3, 0.4) is 0 Å². The maximum Gasteiger partial charge on any atom is 0.227 e. The van der Waals surface area contributed by atoms with Crippen LogP contribution in [0.4, 0.5) is 0 Å². The maximum absolute atomic E-state index is 12.3. The molecule has 0 spiro atoms. The van der Waals surface area contributed by atoms with Gasteiger partial charge < -0.3 is 10.2 Å². The molecule has 19 heavy (non-hydrogen) atoms. The van der Waals surface area contributed by atoms with Gasteiger partial charge in [-0.05, 0) is 43.3 Å². The summed E-state index contributed by atoms with van der Waals surface area (Å²) >= 11 is 1.74. The number of amides is 1. The zero-order valence-corrected chi connectivity index (χ0v) is 12.5. The number of nitrogens with zero attached hydrogens (tertiary/aromatic N) is 1. The summed E-state index contributed by atoms with van der Waals surface area (Å²) in [4.78, 5) is 15.4. The van der Waals surface area contributed by atoms with E-state index in [4.69, 9.17) is 0 Å². The predicted molar refractivity (Wildman–Crippen MR) is 80.3 cm³/mol. The smallest absolute Gasteiger partial charge is 0.227 e. The van der Waals surface area contributed by atoms with Crippen molar-refractivity contribution in [2.75, 3.05) is 26.4 Å². The van der Waals surface area contributed by atoms with E-state index in [1.807, 2.05) is 11.9 Å². The normalized spacial score (nSPS) is 19.2. The summed E-state index contributed by atoms with van der Waals surface area (Å²) in [6.45, 7) is 2.57. The Morgan fingerprint density at radius 2 is 2.16 bits per heavy atom. The minimum Gasteiger partial charge on any atom is -0.341 e. The first-order chi connectivity index (χ1) is 9.20. The van der Waals surface area contributed by atoms with Gasteiger partial charge in [0.1, 0.15) is 0 Å². The minimum absolute atomic E-state index is 0.157. The van der Waals surface area contributed by atoms with Gasteiger partial charge in [0, 0.05) is 25.0 Å². The highest BCUT2D eigenvalue weighted by atomic mass is 32.2. The van der Waals surface area contributed by atoms with Crippen molar-refractivity contribution in [1.82, 2.24) is 10.2 Å². The van der Waals surface area contributed by atoms with Crippen molar-refractivity contribution >= 4 is 17.7 Å². The van der Waals surface area contributed by atoms with Crippen LogP contribution in [0.1, 0.15) is 18.4 Å². The number of rotatable bonds is 4. The van der Waals surface area contributed by atoms with Gasteiger partial charge in [-0.2, -0.15) is 0 Å². The molecule has 4 heteroatoms. The quantitative estimate of drug-likeness (QED) is 0.858. The lowest BCUT2D eigenvalue weighted by atomic mass is 9.98. The van der Waals surface area contributed by atoms with Crippen LogP contribution in [-0.2, 0) is 11.3 Å². The van der Waals surface area contributed by atoms with Gasteiger partial charge in [-0.25, -0.2) is 0 Å². The monoisotopic (exact) mass is 278 g/mol. The van der Waals surface area contributed by atoms with Crippen molar-refractivity contribution in [2.45, 2.75) is 24.3 Å². The van der Waals surface area contributed by atoms with Crippen LogP contribution in [-0.4, -0.2) is 37.2 Å². The second-order valence-electron chi connectivity index (χ2n) is 5.09. The van der Waals surface area contributed by atoms with Crippen LogP contribution < -0.4 is 5.32 Å². The molecule has 1 N–H and O–H groups in total. The Kier molecular flexibility index (Phi) is 5.28. The van der Waals surface area contributed by atoms with Crippen LogP contribution in [0.5, 0.6) is 0 Å². The first kappa shape index (κ1) is 14.4. The van der Waals surface area contributed by atoms with Gasteiger partial charge in [-0.15, -0.1) is 11.8 Å². The van der Waals surface area contributed by atoms with E-state index in [1.165, 1.54) is 10.5 Å². The Morgan fingerprint density at radius 1 is 1.42 bits per heavy atom. The van der Waals surface area contributed by atoms with Gasteiger partial charge in [0.2, 0.25) is 5.91 Å². The average Bonchev–Trinajstić information content (AvgIpc) is 2.48. The van der Waals surface area contributed by atoms with E-state index in [1.54, 1.807) is 11.8 Å². The summed E-state index contributed by atoms with van der Waals surface area (Å²) in [5.41, 5.74) is 1.19. The fourth-order valence-corrected chi connectivity index (χ4v) is 2.87. The SMILES string of the molecule is CSc1ccc(CN(C)C(=O)[C@H]2CCCNC2)cc1. The molecule has 1 fully saturated rings. The van der Waals surface area contributed by atoms with E-state index in [0.717, 1.165) is 25.9 Å². The van der Waals surface area contributed by atoms with Crippen molar-refractivity contribution in [3.63, 3.8) is 0 Å². The highest BCUT2D eigenvalue weighted by Gasteiger charge is 2.23. The molecule has 3 nitrogen and oxygen atoms in total. The van der Waals surface area contributed by atoms with Crippen molar-refractivity contribution in [2.24, 2.45) is 5.92 Å². The summed E-state index contributed by atoms with van der Waals surface area (Å²) in [5, 5.41) is 3.30. The summed E-state index contributed by atoms with van der Waals surface area (Å²) in [5.74, 6) is 0.422. The first-order valence-corrected chi connectivity index (χ1v) is 8.02. The van der Waals surface area contributed by atoms with Crippen molar-refractivity contribution in [1.29, 1.82) is 0 Å². The highest BCUT2D eigenvalue weighted by molar-refractivity contribution is 7.98. The maximum atomic E-state index is 12.3. The molecule has 1 aromatic rings. The molecule has 1 heterocycles. The molecule has 0 radical (unpaired) electrons. The molecular weight excluding hydrogens is 256 g/mol. The summed E-state index contributed by atoms with van der Waals surface area (Å²) in [6, 6.07) is 8.43. The second-order valence-corrected chi connectivity index (χ2v) is 5.97. The Hall–Kier alpha value is -1.00. The standard InChI is InChI=1S/C15H22N2OS/c1-17(15(18)13-4-3-9-16-10-13)11-12-5-7-14(19-2)8-6-12/h5-8,13,16H,3-4,9-11H2,1-2H3/t13-/m0/s1. The van der Waals surface area contributed by atoms with E-state index in [2.05, 4.69) is 35.8 Å². The lowest BCUT2D eigenvalue weighted by molar-refractivity contribution is -0.135. The molecule has 2 rings (SSSR count). The molecule has 104 valence electrons. The van der Waals surface area contributed by atoms with Gasteiger partial charge in [0.25, 0.3) is 0 Å². The van der Waals surface area contributed by atoms with E-state index >= 15 is 0 Å². The molecule has 1 saturated heterocycles. The van der Waals surface area contributed by atoms with Crippen LogP contribution in [0.2, 0.25) is 0 Å². The lowest BCUT2D eigenvalue weighted by Gasteiger charge is -2.27. The van der Waals surface area contributed by atoms with Crippen LogP contribution in [0.15, 0.2) is 29.2 Å². The van der Waals surface area contributed by atoms with Crippen molar-refractivity contribution in [3.05, 3.63) is 29.8 Å². The molecule has 1 aliphatic heterocycles. The lowest BCUT2D eigenvalue weighted by Crippen LogP contribution is -2.41. The number of benzene rings is 1. The van der Waals surface area contributed by atoms with Gasteiger partial charge in [0.15, 0.2) is 0 Å². The molecule has 0 aromatic heterocycles. The van der Waals surface area contributed by atoms with Gasteiger partial charge >= 0.3 is 0 Å². The number of hydrogen-bond acceptors (Lipinski definition) is 3. The summed E-state index contributed by atoms with van der Waals surface area (Å²) in [7, 11) is 1.90. The Morgan fingerprint density at radius 3 is 2.74 bits per heavy atom. The number of carbonyl (C=O) groups excluding carboxylic acids is 1. The third-order valence-corrected chi connectivity index (χ3v) is 4.34. The van der Waals surface area contributed by atoms with Gasteiger partial charge in [-0.1, -0.05) is 12.1 Å². The highest BCUT2D eigenvalue weighted by Crippen LogP contribution is 2.17. The second kappa shape index (κ2) is 6.96. The minimum atomic E-state index is 0.157. The van der Waals surface area contributed by atoms with Gasteiger partial charge in [0.05, 0.1) is 5.92 Å². The third kappa shape index (κ3) is 3.98. The Balaban J connectivity index is 1.91. The number of piperidine rings is 1. The molecule has 0 unspecified atom stereocenters. The van der Waals surface area contributed by atoms with E-state index in [9.17, 15) is 4.79 Å². The largest absolute Gasteiger partial charge is 0.341 e. The number of hydrogen-bond donors (Lipinski definition) is 1. The molecule has 0 aliphatic carbocycles. The summed E-state index contributed by atoms with van der Waals surface area (Å²) in [6.07, 6.45) is 4.19. The van der Waals surface area contributed by atoms with Crippen LogP contribution in [0, 0.1) is 5.92 Å². The predicted octanol–water partition coefficient (Wildman–Crippen LogP) is 2.37. The van der Waals surface area contributed by atoms with E-state index in [0.29, 0.717) is 6.54 Å².